The summed E-state index contributed by atoms with van der Waals surface area (Å²) in [5.41, 5.74) is -3.11. The third-order valence-corrected chi connectivity index (χ3v) is 7.02. The number of rotatable bonds is 5. The zero-order chi connectivity index (χ0) is 25.5. The second-order valence-corrected chi connectivity index (χ2v) is 9.42. The normalized spacial score (nSPS) is 25.4. The first-order valence-corrected chi connectivity index (χ1v) is 11.3. The minimum absolute atomic E-state index is 0. The molecule has 11 heteroatoms. The van der Waals surface area contributed by atoms with Gasteiger partial charge in [0, 0.05) is 13.0 Å². The number of hydrogen-bond donors (Lipinski definition) is 2. The van der Waals surface area contributed by atoms with Gasteiger partial charge in [-0.25, -0.2) is 0 Å². The van der Waals surface area contributed by atoms with Gasteiger partial charge in [0.2, 0.25) is 5.91 Å². The summed E-state index contributed by atoms with van der Waals surface area (Å²) in [5, 5.41) is 6.52. The van der Waals surface area contributed by atoms with Crippen LogP contribution in [0.25, 0.3) is 0 Å². The fourth-order valence-electron chi connectivity index (χ4n) is 4.85. The second-order valence-electron chi connectivity index (χ2n) is 9.42. The van der Waals surface area contributed by atoms with Gasteiger partial charge in [0.05, 0.1) is 34.9 Å². The van der Waals surface area contributed by atoms with E-state index in [2.05, 4.69) is 10.6 Å². The van der Waals surface area contributed by atoms with Gasteiger partial charge in [-0.15, -0.1) is 12.4 Å². The quantitative estimate of drug-likeness (QED) is 0.451. The van der Waals surface area contributed by atoms with Crippen LogP contribution in [0.15, 0.2) is 48.5 Å². The van der Waals surface area contributed by atoms with E-state index in [1.54, 1.807) is 0 Å². The van der Waals surface area contributed by atoms with Gasteiger partial charge >= 0.3 is 12.4 Å². The SMILES string of the molecule is CC(OCC1(c2ccccc2)CCC2(CCC(=O)N2)CN1)c1cc(C(F)(F)F)cc(C(F)(F)F)c1.Cl. The summed E-state index contributed by atoms with van der Waals surface area (Å²) in [6.07, 6.45) is -8.49. The molecule has 36 heavy (non-hydrogen) atoms. The summed E-state index contributed by atoms with van der Waals surface area (Å²) in [5.74, 6) is -0.00565. The molecule has 1 amide bonds. The molecule has 3 atom stereocenters. The highest BCUT2D eigenvalue weighted by Gasteiger charge is 2.47. The van der Waals surface area contributed by atoms with Gasteiger partial charge in [0.1, 0.15) is 0 Å². The fourth-order valence-corrected chi connectivity index (χ4v) is 4.85. The summed E-state index contributed by atoms with van der Waals surface area (Å²) >= 11 is 0. The molecule has 3 unspecified atom stereocenters. The standard InChI is InChI=1S/C25H26F6N2O2.ClH/c1-16(17-11-19(24(26,27)28)13-20(12-17)25(29,30)31)35-15-23(18-5-3-2-4-6-18)10-9-22(14-32-23)8-7-21(34)33-22;/h2-6,11-13,16,32H,7-10,14-15H2,1H3,(H,33,34);1H. The number of hydrogen-bond acceptors (Lipinski definition) is 3. The first-order chi connectivity index (χ1) is 16.3. The monoisotopic (exact) mass is 536 g/mol. The predicted octanol–water partition coefficient (Wildman–Crippen LogP) is 6.15. The smallest absolute Gasteiger partial charge is 0.372 e. The number of carbonyl (C=O) groups is 1. The molecule has 4 rings (SSSR count). The minimum Gasteiger partial charge on any atom is -0.372 e. The maximum atomic E-state index is 13.3. The first-order valence-electron chi connectivity index (χ1n) is 11.3. The molecule has 2 aliphatic rings. The lowest BCUT2D eigenvalue weighted by Crippen LogP contribution is -2.61. The summed E-state index contributed by atoms with van der Waals surface area (Å²) in [6, 6.07) is 10.9. The lowest BCUT2D eigenvalue weighted by atomic mass is 9.76. The average molecular weight is 537 g/mol. The molecule has 2 aromatic carbocycles. The van der Waals surface area contributed by atoms with E-state index in [1.807, 2.05) is 30.3 Å². The molecule has 2 fully saturated rings. The molecule has 0 radical (unpaired) electrons. The zero-order valence-electron chi connectivity index (χ0n) is 19.4. The maximum absolute atomic E-state index is 13.3. The van der Waals surface area contributed by atoms with Crippen LogP contribution in [0, 0.1) is 0 Å². The van der Waals surface area contributed by atoms with Crippen molar-refractivity contribution in [2.24, 2.45) is 0 Å². The molecular formula is C25H27ClF6N2O2. The summed E-state index contributed by atoms with van der Waals surface area (Å²) in [6.45, 7) is 1.95. The van der Waals surface area contributed by atoms with Crippen molar-refractivity contribution in [3.8, 4) is 0 Å². The van der Waals surface area contributed by atoms with Crippen molar-refractivity contribution in [2.45, 2.75) is 62.1 Å². The van der Waals surface area contributed by atoms with Gasteiger partial charge in [0.25, 0.3) is 0 Å². The van der Waals surface area contributed by atoms with Gasteiger partial charge in [-0.1, -0.05) is 30.3 Å². The van der Waals surface area contributed by atoms with E-state index >= 15 is 0 Å². The second kappa shape index (κ2) is 10.2. The van der Waals surface area contributed by atoms with Gasteiger partial charge in [-0.05, 0) is 55.5 Å². The molecule has 4 nitrogen and oxygen atoms in total. The van der Waals surface area contributed by atoms with Crippen LogP contribution in [0.2, 0.25) is 0 Å². The Bertz CT molecular complexity index is 1030. The Morgan fingerprint density at radius 3 is 2.03 bits per heavy atom. The van der Waals surface area contributed by atoms with Crippen molar-refractivity contribution < 1.29 is 35.9 Å². The van der Waals surface area contributed by atoms with Gasteiger partial charge in [-0.2, -0.15) is 26.3 Å². The van der Waals surface area contributed by atoms with Crippen molar-refractivity contribution in [2.75, 3.05) is 13.2 Å². The lowest BCUT2D eigenvalue weighted by Gasteiger charge is -2.46. The lowest BCUT2D eigenvalue weighted by molar-refractivity contribution is -0.143. The van der Waals surface area contributed by atoms with Crippen molar-refractivity contribution in [3.63, 3.8) is 0 Å². The largest absolute Gasteiger partial charge is 0.416 e. The highest BCUT2D eigenvalue weighted by Crippen LogP contribution is 2.40. The van der Waals surface area contributed by atoms with E-state index in [0.717, 1.165) is 5.56 Å². The number of benzene rings is 2. The number of halogens is 7. The minimum atomic E-state index is -4.92. The van der Waals surface area contributed by atoms with Crippen LogP contribution in [0.4, 0.5) is 26.3 Å². The molecule has 2 aliphatic heterocycles. The Morgan fingerprint density at radius 1 is 0.944 bits per heavy atom. The average Bonchev–Trinajstić information content (AvgIpc) is 3.18. The molecule has 0 aliphatic carbocycles. The van der Waals surface area contributed by atoms with Crippen LogP contribution in [0.1, 0.15) is 61.0 Å². The Kier molecular flexibility index (Phi) is 8.03. The number of piperidine rings is 1. The van der Waals surface area contributed by atoms with Crippen molar-refractivity contribution in [1.82, 2.24) is 10.6 Å². The van der Waals surface area contributed by atoms with Crippen molar-refractivity contribution >= 4 is 18.3 Å². The molecule has 0 saturated carbocycles. The van der Waals surface area contributed by atoms with E-state index in [0.29, 0.717) is 44.4 Å². The van der Waals surface area contributed by atoms with Crippen molar-refractivity contribution in [1.29, 1.82) is 0 Å². The van der Waals surface area contributed by atoms with Crippen LogP contribution in [-0.2, 0) is 27.4 Å². The number of nitrogens with one attached hydrogen (secondary N) is 2. The molecule has 2 aromatic rings. The Morgan fingerprint density at radius 2 is 1.56 bits per heavy atom. The van der Waals surface area contributed by atoms with E-state index in [4.69, 9.17) is 4.74 Å². The van der Waals surface area contributed by atoms with Crippen LogP contribution < -0.4 is 10.6 Å². The number of alkyl halides is 6. The van der Waals surface area contributed by atoms with Crippen LogP contribution in [0.5, 0.6) is 0 Å². The van der Waals surface area contributed by atoms with E-state index in [9.17, 15) is 31.1 Å². The molecule has 2 heterocycles. The number of carbonyl (C=O) groups excluding carboxylic acids is 1. The van der Waals surface area contributed by atoms with E-state index in [-0.39, 0.29) is 42.1 Å². The summed E-state index contributed by atoms with van der Waals surface area (Å²) in [7, 11) is 0. The maximum Gasteiger partial charge on any atom is 0.416 e. The molecule has 1 spiro atoms. The molecular weight excluding hydrogens is 510 g/mol. The van der Waals surface area contributed by atoms with Crippen LogP contribution in [0.3, 0.4) is 0 Å². The number of ether oxygens (including phenoxy) is 1. The third kappa shape index (κ3) is 5.98. The Balaban J connectivity index is 0.00000361. The van der Waals surface area contributed by atoms with Crippen LogP contribution in [-0.4, -0.2) is 24.6 Å². The number of amides is 1. The molecule has 0 bridgehead atoms. The predicted molar refractivity (Wildman–Crippen MR) is 124 cm³/mol. The van der Waals surface area contributed by atoms with Crippen LogP contribution >= 0.6 is 12.4 Å². The van der Waals surface area contributed by atoms with E-state index < -0.39 is 35.1 Å². The highest BCUT2D eigenvalue weighted by atomic mass is 35.5. The Hall–Kier alpha value is -2.30. The molecule has 0 aromatic heterocycles. The topological polar surface area (TPSA) is 50.4 Å². The summed E-state index contributed by atoms with van der Waals surface area (Å²) < 4.78 is 85.6. The fraction of sp³-hybridized carbons (Fsp3) is 0.480. The molecule has 2 saturated heterocycles. The summed E-state index contributed by atoms with van der Waals surface area (Å²) in [4.78, 5) is 11.8. The van der Waals surface area contributed by atoms with Gasteiger partial charge < -0.3 is 15.4 Å². The Labute approximate surface area is 211 Å². The van der Waals surface area contributed by atoms with Gasteiger partial charge in [0.15, 0.2) is 0 Å². The highest BCUT2D eigenvalue weighted by molar-refractivity contribution is 5.85. The zero-order valence-corrected chi connectivity index (χ0v) is 20.2. The van der Waals surface area contributed by atoms with Gasteiger partial charge in [-0.3, -0.25) is 4.79 Å². The third-order valence-electron chi connectivity index (χ3n) is 7.02. The first kappa shape index (κ1) is 28.3. The van der Waals surface area contributed by atoms with E-state index in [1.165, 1.54) is 6.92 Å². The van der Waals surface area contributed by atoms with Crippen molar-refractivity contribution in [3.05, 3.63) is 70.8 Å². The molecule has 198 valence electrons. The molecule has 2 N–H and O–H groups in total.